The number of ether oxygens (including phenoxy) is 1. The Morgan fingerprint density at radius 1 is 1.21 bits per heavy atom. The van der Waals surface area contributed by atoms with Gasteiger partial charge in [-0.25, -0.2) is 15.0 Å². The molecule has 2 aliphatic rings. The smallest absolute Gasteiger partial charge is 0.229 e. The van der Waals surface area contributed by atoms with Gasteiger partial charge in [0.05, 0.1) is 18.3 Å². The lowest BCUT2D eigenvalue weighted by Gasteiger charge is -2.32. The first-order valence-electron chi connectivity index (χ1n) is 12.9. The third-order valence-corrected chi connectivity index (χ3v) is 6.30. The predicted octanol–water partition coefficient (Wildman–Crippen LogP) is 4.05. The molecule has 1 aromatic carbocycles. The highest BCUT2D eigenvalue weighted by atomic mass is 16.5. The standard InChI is InChI=1S/C25H26N6O3/c1-14-13-31(7-8-33-14)16-5-6-21-20(9-16)29-25(34-21)19-12-28-23(26-2)18-11-27-22(10-17(18)19)30-24(32)15-3-4-15/h5-6,9-12,14-15H,3-4,7-8,13H2,1-2H3,(H,26,28)(H,27,30,32)/t14-/m1/s1/i2D3. The Labute approximate surface area is 200 Å². The molecule has 1 saturated carbocycles. The summed E-state index contributed by atoms with van der Waals surface area (Å²) in [6.45, 7) is 1.88. The van der Waals surface area contributed by atoms with Gasteiger partial charge in [0, 0.05) is 58.9 Å². The van der Waals surface area contributed by atoms with Gasteiger partial charge in [-0.15, -0.1) is 0 Å². The molecule has 174 valence electrons. The largest absolute Gasteiger partial charge is 0.436 e. The lowest BCUT2D eigenvalue weighted by molar-refractivity contribution is -0.117. The normalized spacial score (nSPS) is 20.1. The number of aromatic nitrogens is 3. The number of rotatable bonds is 5. The summed E-state index contributed by atoms with van der Waals surface area (Å²) >= 11 is 0. The van der Waals surface area contributed by atoms with Gasteiger partial charge in [-0.05, 0) is 44.0 Å². The van der Waals surface area contributed by atoms with Crippen LogP contribution in [0.4, 0.5) is 17.3 Å². The highest BCUT2D eigenvalue weighted by Crippen LogP contribution is 2.35. The van der Waals surface area contributed by atoms with Crippen molar-refractivity contribution in [3.63, 3.8) is 0 Å². The number of amides is 1. The molecule has 9 nitrogen and oxygen atoms in total. The van der Waals surface area contributed by atoms with Crippen molar-refractivity contribution >= 4 is 45.1 Å². The second-order valence-electron chi connectivity index (χ2n) is 8.82. The molecule has 1 amide bonds. The summed E-state index contributed by atoms with van der Waals surface area (Å²) in [6.07, 6.45) is 4.92. The minimum Gasteiger partial charge on any atom is -0.436 e. The lowest BCUT2D eigenvalue weighted by Crippen LogP contribution is -2.41. The Kier molecular flexibility index (Phi) is 4.30. The van der Waals surface area contributed by atoms with Crippen molar-refractivity contribution in [1.82, 2.24) is 15.0 Å². The Hall–Kier alpha value is -3.72. The van der Waals surface area contributed by atoms with Gasteiger partial charge < -0.3 is 24.7 Å². The fourth-order valence-corrected chi connectivity index (χ4v) is 4.33. The van der Waals surface area contributed by atoms with E-state index in [1.165, 1.54) is 12.4 Å². The second-order valence-corrected chi connectivity index (χ2v) is 8.82. The molecule has 3 aromatic heterocycles. The van der Waals surface area contributed by atoms with Crippen LogP contribution in [-0.4, -0.2) is 53.6 Å². The first-order valence-corrected chi connectivity index (χ1v) is 11.4. The molecule has 1 aliphatic heterocycles. The first kappa shape index (κ1) is 17.7. The summed E-state index contributed by atoms with van der Waals surface area (Å²) in [5.74, 6) is 0.812. The van der Waals surface area contributed by atoms with Gasteiger partial charge in [0.2, 0.25) is 11.8 Å². The van der Waals surface area contributed by atoms with E-state index in [-0.39, 0.29) is 23.7 Å². The third-order valence-electron chi connectivity index (χ3n) is 6.30. The van der Waals surface area contributed by atoms with E-state index < -0.39 is 6.98 Å². The van der Waals surface area contributed by atoms with Gasteiger partial charge in [0.1, 0.15) is 17.2 Å². The number of fused-ring (bicyclic) bond motifs is 2. The van der Waals surface area contributed by atoms with Crippen molar-refractivity contribution < 1.29 is 18.1 Å². The minimum atomic E-state index is -2.44. The van der Waals surface area contributed by atoms with E-state index in [0.717, 1.165) is 31.6 Å². The fourth-order valence-electron chi connectivity index (χ4n) is 4.33. The van der Waals surface area contributed by atoms with Crippen LogP contribution in [0.3, 0.4) is 0 Å². The molecule has 0 spiro atoms. The van der Waals surface area contributed by atoms with Crippen molar-refractivity contribution in [2.75, 3.05) is 42.2 Å². The van der Waals surface area contributed by atoms with Gasteiger partial charge in [0.15, 0.2) is 5.58 Å². The van der Waals surface area contributed by atoms with Gasteiger partial charge in [-0.3, -0.25) is 4.79 Å². The number of pyridine rings is 2. The number of carbonyl (C=O) groups is 1. The molecule has 2 fully saturated rings. The van der Waals surface area contributed by atoms with Crippen LogP contribution in [-0.2, 0) is 9.53 Å². The third kappa shape index (κ3) is 3.81. The minimum absolute atomic E-state index is 0.0166. The summed E-state index contributed by atoms with van der Waals surface area (Å²) in [4.78, 5) is 28.0. The van der Waals surface area contributed by atoms with Gasteiger partial charge in [0.25, 0.3) is 0 Å². The van der Waals surface area contributed by atoms with E-state index in [4.69, 9.17) is 18.3 Å². The number of benzene rings is 1. The van der Waals surface area contributed by atoms with Gasteiger partial charge >= 0.3 is 0 Å². The average Bonchev–Trinajstić information content (AvgIpc) is 3.62. The van der Waals surface area contributed by atoms with E-state index in [1.807, 2.05) is 18.2 Å². The summed E-state index contributed by atoms with van der Waals surface area (Å²) < 4.78 is 34.6. The van der Waals surface area contributed by atoms with Crippen LogP contribution in [0.25, 0.3) is 33.3 Å². The molecule has 6 rings (SSSR count). The molecule has 1 aliphatic carbocycles. The molecule has 0 bridgehead atoms. The van der Waals surface area contributed by atoms with Gasteiger partial charge in [-0.2, -0.15) is 0 Å². The molecule has 4 aromatic rings. The maximum atomic E-state index is 12.3. The molecule has 34 heavy (non-hydrogen) atoms. The highest BCUT2D eigenvalue weighted by molar-refractivity contribution is 6.03. The van der Waals surface area contributed by atoms with Crippen LogP contribution in [0.15, 0.2) is 41.1 Å². The Balaban J connectivity index is 1.41. The molecule has 4 heterocycles. The van der Waals surface area contributed by atoms with E-state index in [0.29, 0.717) is 45.8 Å². The van der Waals surface area contributed by atoms with Crippen LogP contribution in [0, 0.1) is 5.92 Å². The number of carbonyl (C=O) groups excluding carboxylic acids is 1. The molecule has 2 N–H and O–H groups in total. The molecular formula is C25H26N6O3. The van der Waals surface area contributed by atoms with Crippen molar-refractivity contribution in [3.05, 3.63) is 36.7 Å². The van der Waals surface area contributed by atoms with E-state index >= 15 is 0 Å². The lowest BCUT2D eigenvalue weighted by atomic mass is 10.1. The summed E-state index contributed by atoms with van der Waals surface area (Å²) in [5.41, 5.74) is 2.92. The van der Waals surface area contributed by atoms with Crippen LogP contribution in [0.1, 0.15) is 23.9 Å². The predicted molar refractivity (Wildman–Crippen MR) is 131 cm³/mol. The summed E-state index contributed by atoms with van der Waals surface area (Å²) in [5, 5.41) is 6.39. The van der Waals surface area contributed by atoms with Crippen LogP contribution in [0.2, 0.25) is 0 Å². The fraction of sp³-hybridized carbons (Fsp3) is 0.360. The average molecular weight is 462 g/mol. The second kappa shape index (κ2) is 8.25. The Morgan fingerprint density at radius 3 is 2.94 bits per heavy atom. The number of hydrogen-bond donors (Lipinski definition) is 2. The number of anilines is 3. The number of oxazole rings is 1. The molecule has 0 radical (unpaired) electrons. The van der Waals surface area contributed by atoms with Crippen LogP contribution < -0.4 is 15.5 Å². The SMILES string of the molecule is [2H]C([2H])([2H])Nc1ncc(-c2nc3cc(N4CCO[C@H](C)C4)ccc3o2)c2cc(NC(=O)C3CC3)ncc12. The first-order chi connectivity index (χ1) is 17.7. The number of morpholine rings is 1. The zero-order chi connectivity index (χ0) is 25.7. The maximum Gasteiger partial charge on any atom is 0.229 e. The number of nitrogens with zero attached hydrogens (tertiary/aromatic N) is 4. The number of nitrogens with one attached hydrogen (secondary N) is 2. The van der Waals surface area contributed by atoms with Crippen LogP contribution in [0.5, 0.6) is 0 Å². The highest BCUT2D eigenvalue weighted by Gasteiger charge is 2.30. The monoisotopic (exact) mass is 461 g/mol. The van der Waals surface area contributed by atoms with Crippen molar-refractivity contribution in [2.45, 2.75) is 25.9 Å². The quantitative estimate of drug-likeness (QED) is 0.459. The Bertz CT molecular complexity index is 1500. The van der Waals surface area contributed by atoms with Crippen molar-refractivity contribution in [3.8, 4) is 11.5 Å². The summed E-state index contributed by atoms with van der Waals surface area (Å²) in [7, 11) is 0. The summed E-state index contributed by atoms with van der Waals surface area (Å²) in [6, 6.07) is 7.59. The number of hydrogen-bond acceptors (Lipinski definition) is 8. The molecule has 1 atom stereocenters. The van der Waals surface area contributed by atoms with E-state index in [9.17, 15) is 4.79 Å². The molecule has 0 unspecified atom stereocenters. The van der Waals surface area contributed by atoms with E-state index in [1.54, 1.807) is 6.07 Å². The zero-order valence-corrected chi connectivity index (χ0v) is 18.7. The van der Waals surface area contributed by atoms with Crippen molar-refractivity contribution in [1.29, 1.82) is 0 Å². The molecular weight excluding hydrogens is 432 g/mol. The zero-order valence-electron chi connectivity index (χ0n) is 21.7. The Morgan fingerprint density at radius 2 is 2.12 bits per heavy atom. The van der Waals surface area contributed by atoms with E-state index in [2.05, 4.69) is 32.4 Å². The van der Waals surface area contributed by atoms with Gasteiger partial charge in [-0.1, -0.05) is 0 Å². The topological polar surface area (TPSA) is 105 Å². The molecule has 1 saturated heterocycles. The van der Waals surface area contributed by atoms with Crippen LogP contribution >= 0.6 is 0 Å². The molecule has 9 heteroatoms. The van der Waals surface area contributed by atoms with Crippen molar-refractivity contribution in [2.24, 2.45) is 5.92 Å². The maximum absolute atomic E-state index is 12.3.